The summed E-state index contributed by atoms with van der Waals surface area (Å²) in [5, 5.41) is 0. The largest absolute Gasteiger partial charge is 0.377 e. The van der Waals surface area contributed by atoms with E-state index >= 15 is 0 Å². The van der Waals surface area contributed by atoms with E-state index in [-0.39, 0.29) is 5.60 Å². The highest BCUT2D eigenvalue weighted by molar-refractivity contribution is 6.18. The Kier molecular flexibility index (Phi) is 9.97. The first kappa shape index (κ1) is 15.5. The van der Waals surface area contributed by atoms with Gasteiger partial charge in [-0.15, -0.1) is 23.2 Å². The molecule has 0 amide bonds. The fourth-order valence-corrected chi connectivity index (χ4v) is 1.35. The molecule has 0 bridgehead atoms. The van der Waals surface area contributed by atoms with E-state index in [1.165, 1.54) is 0 Å². The highest BCUT2D eigenvalue weighted by Crippen LogP contribution is 2.16. The lowest BCUT2D eigenvalue weighted by Crippen LogP contribution is -2.41. The molecule has 0 saturated carbocycles. The zero-order valence-corrected chi connectivity index (χ0v) is 10.9. The van der Waals surface area contributed by atoms with Crippen molar-refractivity contribution in [1.82, 2.24) is 0 Å². The fourth-order valence-electron chi connectivity index (χ4n) is 1.13. The number of hydrogen-bond donors (Lipinski definition) is 0. The van der Waals surface area contributed by atoms with Crippen LogP contribution in [0.4, 0.5) is 0 Å². The molecule has 92 valence electrons. The number of alkyl halides is 2. The molecule has 0 aliphatic heterocycles. The first-order valence-electron chi connectivity index (χ1n) is 5.07. The molecule has 0 aromatic heterocycles. The fraction of sp³-hybridized carbons (Fsp3) is 1.00. The monoisotopic (exact) mass is 258 g/mol. The highest BCUT2D eigenvalue weighted by atomic mass is 35.5. The Morgan fingerprint density at radius 2 is 1.47 bits per heavy atom. The van der Waals surface area contributed by atoms with Crippen LogP contribution in [-0.4, -0.2) is 50.9 Å². The topological polar surface area (TPSA) is 27.7 Å². The van der Waals surface area contributed by atoms with Gasteiger partial charge >= 0.3 is 0 Å². The van der Waals surface area contributed by atoms with Crippen molar-refractivity contribution in [3.63, 3.8) is 0 Å². The minimum absolute atomic E-state index is 0.377. The Balaban J connectivity index is 3.93. The van der Waals surface area contributed by atoms with Crippen LogP contribution < -0.4 is 0 Å². The van der Waals surface area contributed by atoms with Crippen molar-refractivity contribution in [1.29, 1.82) is 0 Å². The molecule has 0 rings (SSSR count). The van der Waals surface area contributed by atoms with E-state index in [0.29, 0.717) is 38.2 Å². The van der Waals surface area contributed by atoms with Crippen LogP contribution >= 0.6 is 23.2 Å². The van der Waals surface area contributed by atoms with Crippen molar-refractivity contribution in [2.24, 2.45) is 0 Å². The van der Waals surface area contributed by atoms with Crippen LogP contribution in [0.15, 0.2) is 0 Å². The number of rotatable bonds is 10. The zero-order valence-electron chi connectivity index (χ0n) is 9.43. The summed E-state index contributed by atoms with van der Waals surface area (Å²) in [4.78, 5) is 0. The number of halogens is 2. The van der Waals surface area contributed by atoms with E-state index in [4.69, 9.17) is 37.4 Å². The summed E-state index contributed by atoms with van der Waals surface area (Å²) in [6.45, 7) is 4.09. The van der Waals surface area contributed by atoms with Crippen molar-refractivity contribution in [2.75, 3.05) is 45.3 Å². The average molecular weight is 259 g/mol. The van der Waals surface area contributed by atoms with Crippen LogP contribution in [0.25, 0.3) is 0 Å². The Hall–Kier alpha value is 0.460. The molecule has 0 heterocycles. The van der Waals surface area contributed by atoms with Gasteiger partial charge in [-0.2, -0.15) is 0 Å². The van der Waals surface area contributed by atoms with Crippen LogP contribution in [-0.2, 0) is 14.2 Å². The molecule has 0 aliphatic rings. The predicted molar refractivity (Wildman–Crippen MR) is 63.1 cm³/mol. The first-order valence-corrected chi connectivity index (χ1v) is 6.14. The first-order chi connectivity index (χ1) is 7.24. The lowest BCUT2D eigenvalue weighted by Gasteiger charge is -2.30. The van der Waals surface area contributed by atoms with Crippen molar-refractivity contribution in [2.45, 2.75) is 18.9 Å². The third-order valence-electron chi connectivity index (χ3n) is 2.25. The lowest BCUT2D eigenvalue weighted by atomic mass is 10.0. The summed E-state index contributed by atoms with van der Waals surface area (Å²) < 4.78 is 16.2. The summed E-state index contributed by atoms with van der Waals surface area (Å²) in [6.07, 6.45) is 0.827. The van der Waals surface area contributed by atoms with Crippen LogP contribution in [0.5, 0.6) is 0 Å². The van der Waals surface area contributed by atoms with Gasteiger partial charge in [-0.3, -0.25) is 0 Å². The molecule has 0 unspecified atom stereocenters. The van der Waals surface area contributed by atoms with Crippen LogP contribution in [0.2, 0.25) is 0 Å². The van der Waals surface area contributed by atoms with Gasteiger partial charge in [0.25, 0.3) is 0 Å². The molecule has 3 nitrogen and oxygen atoms in total. The lowest BCUT2D eigenvalue weighted by molar-refractivity contribution is -0.117. The number of ether oxygens (including phenoxy) is 3. The summed E-state index contributed by atoms with van der Waals surface area (Å²) >= 11 is 11.1. The van der Waals surface area contributed by atoms with E-state index in [1.807, 2.05) is 6.92 Å². The third-order valence-corrected chi connectivity index (χ3v) is 2.56. The second-order valence-corrected chi connectivity index (χ2v) is 3.98. The van der Waals surface area contributed by atoms with Gasteiger partial charge in [0.05, 0.1) is 26.4 Å². The molecule has 15 heavy (non-hydrogen) atoms. The second-order valence-electron chi connectivity index (χ2n) is 3.22. The standard InChI is InChI=1S/C10H20Cl2O3/c1-3-10(13-2,8-14-6-4-11)9-15-7-5-12/h3-9H2,1-2H3. The van der Waals surface area contributed by atoms with Crippen LogP contribution in [0.3, 0.4) is 0 Å². The molecule has 0 fully saturated rings. The molecule has 0 aromatic carbocycles. The normalized spacial score (nSPS) is 12.0. The second kappa shape index (κ2) is 9.67. The Labute approximate surface area is 102 Å². The van der Waals surface area contributed by atoms with Crippen molar-refractivity contribution < 1.29 is 14.2 Å². The minimum Gasteiger partial charge on any atom is -0.377 e. The zero-order chi connectivity index (χ0) is 11.6. The van der Waals surface area contributed by atoms with Gasteiger partial charge in [0.2, 0.25) is 0 Å². The quantitative estimate of drug-likeness (QED) is 0.445. The molecule has 0 saturated heterocycles. The molecule has 0 aromatic rings. The minimum atomic E-state index is -0.377. The van der Waals surface area contributed by atoms with Gasteiger partial charge in [-0.1, -0.05) is 6.92 Å². The number of methoxy groups -OCH3 is 1. The van der Waals surface area contributed by atoms with Gasteiger partial charge in [-0.05, 0) is 6.42 Å². The Bertz CT molecular complexity index is 129. The maximum Gasteiger partial charge on any atom is 0.114 e. The van der Waals surface area contributed by atoms with E-state index in [1.54, 1.807) is 7.11 Å². The van der Waals surface area contributed by atoms with E-state index in [9.17, 15) is 0 Å². The predicted octanol–water partition coefficient (Wildman–Crippen LogP) is 2.29. The Morgan fingerprint density at radius 3 is 1.73 bits per heavy atom. The van der Waals surface area contributed by atoms with Gasteiger partial charge in [0, 0.05) is 18.9 Å². The maximum absolute atomic E-state index is 5.53. The SMILES string of the molecule is CCC(COCCCl)(COCCCl)OC. The molecular weight excluding hydrogens is 239 g/mol. The maximum atomic E-state index is 5.53. The summed E-state index contributed by atoms with van der Waals surface area (Å²) in [6, 6.07) is 0. The molecule has 0 N–H and O–H groups in total. The van der Waals surface area contributed by atoms with Gasteiger partial charge in [0.1, 0.15) is 5.60 Å². The van der Waals surface area contributed by atoms with Crippen molar-refractivity contribution >= 4 is 23.2 Å². The molecular formula is C10H20Cl2O3. The van der Waals surface area contributed by atoms with E-state index < -0.39 is 0 Å². The molecule has 0 spiro atoms. The summed E-state index contributed by atoms with van der Waals surface area (Å²) in [7, 11) is 1.66. The van der Waals surface area contributed by atoms with Crippen molar-refractivity contribution in [3.8, 4) is 0 Å². The van der Waals surface area contributed by atoms with Gasteiger partial charge in [-0.25, -0.2) is 0 Å². The smallest absolute Gasteiger partial charge is 0.114 e. The highest BCUT2D eigenvalue weighted by Gasteiger charge is 2.28. The van der Waals surface area contributed by atoms with E-state index in [0.717, 1.165) is 6.42 Å². The molecule has 0 aliphatic carbocycles. The van der Waals surface area contributed by atoms with Gasteiger partial charge in [0.15, 0.2) is 0 Å². The van der Waals surface area contributed by atoms with Crippen LogP contribution in [0, 0.1) is 0 Å². The van der Waals surface area contributed by atoms with E-state index in [2.05, 4.69) is 0 Å². The average Bonchev–Trinajstić information content (AvgIpc) is 2.28. The van der Waals surface area contributed by atoms with Crippen molar-refractivity contribution in [3.05, 3.63) is 0 Å². The molecule has 0 atom stereocenters. The third kappa shape index (κ3) is 6.59. The van der Waals surface area contributed by atoms with Gasteiger partial charge < -0.3 is 14.2 Å². The number of hydrogen-bond acceptors (Lipinski definition) is 3. The Morgan fingerprint density at radius 1 is 1.00 bits per heavy atom. The molecule has 0 radical (unpaired) electrons. The molecule has 5 heteroatoms. The van der Waals surface area contributed by atoms with Crippen LogP contribution in [0.1, 0.15) is 13.3 Å². The summed E-state index contributed by atoms with van der Waals surface area (Å²) in [5.41, 5.74) is -0.377. The summed E-state index contributed by atoms with van der Waals surface area (Å²) in [5.74, 6) is 0.984.